The van der Waals surface area contributed by atoms with Crippen molar-refractivity contribution in [1.29, 1.82) is 0 Å². The van der Waals surface area contributed by atoms with Gasteiger partial charge in [-0.1, -0.05) is 12.6 Å². The predicted molar refractivity (Wildman–Crippen MR) is 144 cm³/mol. The maximum atomic E-state index is 12.1. The second-order valence-electron chi connectivity index (χ2n) is 10.5. The Morgan fingerprint density at radius 3 is 2.84 bits per heavy atom. The monoisotopic (exact) mass is 517 g/mol. The standard InChI is InChI=1S/C28H35N7O3/c1-4-25(36)34-10-12-35(13-11-34)27-21-17-37-24(26-18(2)7-8-22-20(26)15-29-32-22)14-23(21)30-28(31-27)38-16-19-6-5-9-33(19)3/h4,7-8,15,19,24H,1,5-6,9-14,16-17H2,2-3H3,(H,29,32)/t19-,24?/m0/s1. The summed E-state index contributed by atoms with van der Waals surface area (Å²) in [5.74, 6) is 0.821. The van der Waals surface area contributed by atoms with E-state index in [0.717, 1.165) is 46.5 Å². The number of carbonyl (C=O) groups is 1. The van der Waals surface area contributed by atoms with Gasteiger partial charge >= 0.3 is 6.01 Å². The van der Waals surface area contributed by atoms with Gasteiger partial charge in [0.2, 0.25) is 5.91 Å². The third-order valence-corrected chi connectivity index (χ3v) is 8.21. The number of amides is 1. The fraction of sp³-hybridized carbons (Fsp3) is 0.500. The molecule has 6 rings (SSSR count). The number of anilines is 1. The first kappa shape index (κ1) is 24.8. The van der Waals surface area contributed by atoms with Gasteiger partial charge in [0.25, 0.3) is 0 Å². The van der Waals surface area contributed by atoms with E-state index < -0.39 is 0 Å². The molecule has 3 aliphatic heterocycles. The van der Waals surface area contributed by atoms with Crippen molar-refractivity contribution in [1.82, 2.24) is 30.0 Å². The van der Waals surface area contributed by atoms with Gasteiger partial charge in [0, 0.05) is 49.6 Å². The molecule has 5 heterocycles. The average molecular weight is 518 g/mol. The number of piperazine rings is 1. The predicted octanol–water partition coefficient (Wildman–Crippen LogP) is 2.78. The van der Waals surface area contributed by atoms with E-state index in [-0.39, 0.29) is 12.0 Å². The normalized spacial score (nSPS) is 22.1. The van der Waals surface area contributed by atoms with Crippen molar-refractivity contribution < 1.29 is 14.3 Å². The summed E-state index contributed by atoms with van der Waals surface area (Å²) in [4.78, 5) is 28.3. The number of aromatic nitrogens is 4. The second-order valence-corrected chi connectivity index (χ2v) is 10.5. The van der Waals surface area contributed by atoms with Crippen LogP contribution in [0.25, 0.3) is 10.9 Å². The zero-order valence-corrected chi connectivity index (χ0v) is 22.2. The summed E-state index contributed by atoms with van der Waals surface area (Å²) in [6, 6.07) is 4.96. The van der Waals surface area contributed by atoms with Crippen molar-refractivity contribution in [2.45, 2.75) is 44.9 Å². The lowest BCUT2D eigenvalue weighted by Crippen LogP contribution is -2.49. The molecule has 0 saturated carbocycles. The zero-order chi connectivity index (χ0) is 26.2. The van der Waals surface area contributed by atoms with Crippen LogP contribution < -0.4 is 9.64 Å². The molecule has 1 unspecified atom stereocenters. The molecule has 10 heteroatoms. The Balaban J connectivity index is 1.31. The molecule has 0 bridgehead atoms. The minimum atomic E-state index is -0.137. The third kappa shape index (κ3) is 4.63. The average Bonchev–Trinajstić information content (AvgIpc) is 3.59. The van der Waals surface area contributed by atoms with Crippen molar-refractivity contribution in [3.8, 4) is 6.01 Å². The summed E-state index contributed by atoms with van der Waals surface area (Å²) in [6.45, 7) is 10.4. The number of carbonyl (C=O) groups excluding carboxylic acids is 1. The van der Waals surface area contributed by atoms with E-state index >= 15 is 0 Å². The Morgan fingerprint density at radius 1 is 1.24 bits per heavy atom. The van der Waals surface area contributed by atoms with Crippen LogP contribution in [0.15, 0.2) is 31.0 Å². The number of hydrogen-bond acceptors (Lipinski definition) is 8. The number of benzene rings is 1. The van der Waals surface area contributed by atoms with E-state index in [1.807, 2.05) is 11.1 Å². The number of H-pyrrole nitrogens is 1. The van der Waals surface area contributed by atoms with Gasteiger partial charge in [0.15, 0.2) is 0 Å². The Hall–Kier alpha value is -3.50. The maximum Gasteiger partial charge on any atom is 0.318 e. The molecule has 200 valence electrons. The SMILES string of the molecule is C=CC(=O)N1CCN(c2nc(OC[C@@H]3CCCN3C)nc3c2COC(c2c(C)ccc4[nH]ncc24)C3)CC1. The highest BCUT2D eigenvalue weighted by atomic mass is 16.5. The number of nitrogens with one attached hydrogen (secondary N) is 1. The smallest absolute Gasteiger partial charge is 0.318 e. The van der Waals surface area contributed by atoms with Crippen LogP contribution in [0.1, 0.15) is 41.3 Å². The van der Waals surface area contributed by atoms with Crippen LogP contribution >= 0.6 is 0 Å². The van der Waals surface area contributed by atoms with Crippen LogP contribution in [-0.2, 0) is 22.6 Å². The Morgan fingerprint density at radius 2 is 2.08 bits per heavy atom. The molecule has 2 saturated heterocycles. The number of likely N-dealkylation sites (tertiary alicyclic amines) is 1. The summed E-state index contributed by atoms with van der Waals surface area (Å²) in [7, 11) is 2.14. The van der Waals surface area contributed by atoms with E-state index in [0.29, 0.717) is 57.9 Å². The lowest BCUT2D eigenvalue weighted by Gasteiger charge is -2.37. The molecule has 38 heavy (non-hydrogen) atoms. The molecule has 1 amide bonds. The molecule has 0 aliphatic carbocycles. The molecule has 3 aliphatic rings. The number of ether oxygens (including phenoxy) is 2. The first-order valence-corrected chi connectivity index (χ1v) is 13.4. The first-order valence-electron chi connectivity index (χ1n) is 13.4. The lowest BCUT2D eigenvalue weighted by atomic mass is 9.93. The summed E-state index contributed by atoms with van der Waals surface area (Å²) in [5.41, 5.74) is 5.29. The highest BCUT2D eigenvalue weighted by Gasteiger charge is 2.32. The molecule has 1 aromatic carbocycles. The fourth-order valence-electron chi connectivity index (χ4n) is 5.95. The summed E-state index contributed by atoms with van der Waals surface area (Å²) in [6.07, 6.45) is 6.06. The third-order valence-electron chi connectivity index (χ3n) is 8.21. The van der Waals surface area contributed by atoms with E-state index in [1.165, 1.54) is 18.1 Å². The van der Waals surface area contributed by atoms with Crippen LogP contribution in [-0.4, -0.2) is 88.3 Å². The number of nitrogens with zero attached hydrogens (tertiary/aromatic N) is 6. The van der Waals surface area contributed by atoms with Crippen LogP contribution in [0.5, 0.6) is 6.01 Å². The van der Waals surface area contributed by atoms with Gasteiger partial charge < -0.3 is 24.2 Å². The van der Waals surface area contributed by atoms with Crippen molar-refractivity contribution in [3.63, 3.8) is 0 Å². The molecule has 10 nitrogen and oxygen atoms in total. The van der Waals surface area contributed by atoms with Gasteiger partial charge in [-0.3, -0.25) is 9.89 Å². The molecular formula is C28H35N7O3. The first-order chi connectivity index (χ1) is 18.5. The molecule has 0 radical (unpaired) electrons. The number of hydrogen-bond donors (Lipinski definition) is 1. The molecule has 2 aromatic heterocycles. The Kier molecular flexibility index (Phi) is 6.75. The zero-order valence-electron chi connectivity index (χ0n) is 22.2. The van der Waals surface area contributed by atoms with Gasteiger partial charge in [-0.15, -0.1) is 0 Å². The fourth-order valence-corrected chi connectivity index (χ4v) is 5.95. The van der Waals surface area contributed by atoms with E-state index in [1.54, 1.807) is 0 Å². The number of fused-ring (bicyclic) bond motifs is 2. The summed E-state index contributed by atoms with van der Waals surface area (Å²) >= 11 is 0. The van der Waals surface area contributed by atoms with Gasteiger partial charge in [-0.05, 0) is 56.6 Å². The van der Waals surface area contributed by atoms with Crippen molar-refractivity contribution in [3.05, 3.63) is 53.4 Å². The largest absolute Gasteiger partial charge is 0.462 e. The molecule has 3 aromatic rings. The van der Waals surface area contributed by atoms with Gasteiger partial charge in [-0.2, -0.15) is 15.1 Å². The minimum absolute atomic E-state index is 0.0333. The molecule has 1 N–H and O–H groups in total. The lowest BCUT2D eigenvalue weighted by molar-refractivity contribution is -0.126. The molecular weight excluding hydrogens is 482 g/mol. The Labute approximate surface area is 222 Å². The molecule has 2 fully saturated rings. The van der Waals surface area contributed by atoms with E-state index in [2.05, 4.69) is 52.7 Å². The van der Waals surface area contributed by atoms with Crippen molar-refractivity contribution in [2.75, 3.05) is 51.3 Å². The van der Waals surface area contributed by atoms with Crippen molar-refractivity contribution in [2.24, 2.45) is 0 Å². The number of aromatic amines is 1. The van der Waals surface area contributed by atoms with Crippen LogP contribution in [0.2, 0.25) is 0 Å². The topological polar surface area (TPSA) is 99.7 Å². The van der Waals surface area contributed by atoms with Gasteiger partial charge in [-0.25, -0.2) is 0 Å². The summed E-state index contributed by atoms with van der Waals surface area (Å²) in [5, 5.41) is 8.41. The quantitative estimate of drug-likeness (QED) is 0.499. The maximum absolute atomic E-state index is 12.1. The number of rotatable bonds is 6. The van der Waals surface area contributed by atoms with Crippen LogP contribution in [0.3, 0.4) is 0 Å². The van der Waals surface area contributed by atoms with Gasteiger partial charge in [0.1, 0.15) is 12.4 Å². The molecule has 2 atom stereocenters. The van der Waals surface area contributed by atoms with Gasteiger partial charge in [0.05, 0.1) is 30.1 Å². The number of aryl methyl sites for hydroxylation is 1. The molecule has 0 spiro atoms. The second kappa shape index (κ2) is 10.3. The Bertz CT molecular complexity index is 1350. The highest BCUT2D eigenvalue weighted by Crippen LogP contribution is 2.38. The van der Waals surface area contributed by atoms with Crippen LogP contribution in [0, 0.1) is 6.92 Å². The van der Waals surface area contributed by atoms with Crippen LogP contribution in [0.4, 0.5) is 5.82 Å². The van der Waals surface area contributed by atoms with E-state index in [9.17, 15) is 4.79 Å². The number of likely N-dealkylation sites (N-methyl/N-ethyl adjacent to an activating group) is 1. The highest BCUT2D eigenvalue weighted by molar-refractivity contribution is 5.87. The summed E-state index contributed by atoms with van der Waals surface area (Å²) < 4.78 is 12.7. The van der Waals surface area contributed by atoms with E-state index in [4.69, 9.17) is 19.4 Å². The van der Waals surface area contributed by atoms with Crippen molar-refractivity contribution >= 4 is 22.6 Å². The minimum Gasteiger partial charge on any atom is -0.462 e.